The summed E-state index contributed by atoms with van der Waals surface area (Å²) in [5.41, 5.74) is 1.40. The van der Waals surface area contributed by atoms with Crippen molar-refractivity contribution in [3.63, 3.8) is 0 Å². The van der Waals surface area contributed by atoms with Crippen LogP contribution >= 0.6 is 0 Å². The van der Waals surface area contributed by atoms with E-state index in [0.717, 1.165) is 6.54 Å². The summed E-state index contributed by atoms with van der Waals surface area (Å²) >= 11 is 0. The third-order valence-corrected chi connectivity index (χ3v) is 2.37. The van der Waals surface area contributed by atoms with Gasteiger partial charge in [-0.3, -0.25) is 0 Å². The Balaban J connectivity index is 0.000000459. The molecule has 0 spiro atoms. The number of unbranched alkanes of at least 4 members (excludes halogenated alkanes) is 1. The van der Waals surface area contributed by atoms with E-state index in [1.54, 1.807) is 0 Å². The number of hydrogen-bond acceptors (Lipinski definition) is 3. The van der Waals surface area contributed by atoms with Gasteiger partial charge in [0.05, 0.1) is 0 Å². The summed E-state index contributed by atoms with van der Waals surface area (Å²) < 4.78 is 0. The molecule has 0 atom stereocenters. The van der Waals surface area contributed by atoms with Crippen molar-refractivity contribution in [2.75, 3.05) is 13.6 Å². The molecule has 0 aliphatic carbocycles. The van der Waals surface area contributed by atoms with E-state index in [-0.39, 0.29) is 0 Å². The monoisotopic (exact) mass is 267 g/mol. The lowest BCUT2D eigenvalue weighted by molar-refractivity contribution is -0.159. The van der Waals surface area contributed by atoms with Crippen LogP contribution in [0.3, 0.4) is 0 Å². The van der Waals surface area contributed by atoms with Crippen molar-refractivity contribution in [1.29, 1.82) is 0 Å². The fraction of sp³-hybridized carbons (Fsp3) is 0.429. The van der Waals surface area contributed by atoms with Gasteiger partial charge in [0.15, 0.2) is 0 Å². The van der Waals surface area contributed by atoms with Gasteiger partial charge >= 0.3 is 11.9 Å². The van der Waals surface area contributed by atoms with E-state index in [2.05, 4.69) is 49.2 Å². The predicted octanol–water partition coefficient (Wildman–Crippen LogP) is 2.07. The fourth-order valence-corrected chi connectivity index (χ4v) is 1.40. The number of carboxylic acid groups (broad SMARTS) is 2. The molecule has 0 saturated heterocycles. The predicted molar refractivity (Wildman–Crippen MR) is 73.0 cm³/mol. The molecular formula is C14H21NO4. The van der Waals surface area contributed by atoms with Crippen LogP contribution in [-0.2, 0) is 16.1 Å². The number of carbonyl (C=O) groups is 2. The summed E-state index contributed by atoms with van der Waals surface area (Å²) in [6.45, 7) is 4.50. The zero-order valence-electron chi connectivity index (χ0n) is 11.4. The van der Waals surface area contributed by atoms with Gasteiger partial charge < -0.3 is 15.1 Å². The number of benzene rings is 1. The standard InChI is InChI=1S/C12H19N.C2H2O4/c1-3-4-10-13(2)11-12-8-6-5-7-9-12;3-1(4)2(5)6/h5-9H,3-4,10-11H2,1-2H3;(H,3,4)(H,5,6). The zero-order valence-corrected chi connectivity index (χ0v) is 11.4. The van der Waals surface area contributed by atoms with Crippen molar-refractivity contribution >= 4 is 11.9 Å². The molecule has 0 bridgehead atoms. The second kappa shape index (κ2) is 10.1. The van der Waals surface area contributed by atoms with Gasteiger partial charge in [0.1, 0.15) is 0 Å². The minimum atomic E-state index is -1.82. The van der Waals surface area contributed by atoms with Crippen LogP contribution in [0.4, 0.5) is 0 Å². The normalized spacial score (nSPS) is 9.63. The van der Waals surface area contributed by atoms with E-state index in [0.29, 0.717) is 0 Å². The molecule has 5 heteroatoms. The lowest BCUT2D eigenvalue weighted by Gasteiger charge is -2.15. The molecule has 0 aliphatic rings. The van der Waals surface area contributed by atoms with Crippen molar-refractivity contribution < 1.29 is 19.8 Å². The Bertz CT molecular complexity index is 366. The third-order valence-electron chi connectivity index (χ3n) is 2.37. The molecule has 1 rings (SSSR count). The Morgan fingerprint density at radius 3 is 2.05 bits per heavy atom. The molecule has 1 aromatic carbocycles. The second-order valence-electron chi connectivity index (χ2n) is 4.19. The maximum atomic E-state index is 9.10. The largest absolute Gasteiger partial charge is 0.473 e. The quantitative estimate of drug-likeness (QED) is 0.799. The average Bonchev–Trinajstić information content (AvgIpc) is 2.38. The highest BCUT2D eigenvalue weighted by atomic mass is 16.4. The van der Waals surface area contributed by atoms with Crippen molar-refractivity contribution in [3.05, 3.63) is 35.9 Å². The van der Waals surface area contributed by atoms with Crippen molar-refractivity contribution in [1.82, 2.24) is 4.90 Å². The third kappa shape index (κ3) is 9.79. The first-order valence-electron chi connectivity index (χ1n) is 6.16. The van der Waals surface area contributed by atoms with Gasteiger partial charge in [-0.25, -0.2) is 9.59 Å². The zero-order chi connectivity index (χ0) is 14.7. The Hall–Kier alpha value is -1.88. The van der Waals surface area contributed by atoms with Gasteiger partial charge in [-0.2, -0.15) is 0 Å². The van der Waals surface area contributed by atoms with Gasteiger partial charge in [0, 0.05) is 6.54 Å². The van der Waals surface area contributed by atoms with E-state index in [4.69, 9.17) is 19.8 Å². The molecule has 0 saturated carbocycles. The van der Waals surface area contributed by atoms with Crippen LogP contribution in [0.1, 0.15) is 25.3 Å². The minimum absolute atomic E-state index is 1.07. The number of carboxylic acids is 2. The van der Waals surface area contributed by atoms with Gasteiger partial charge in [0.2, 0.25) is 0 Å². The topological polar surface area (TPSA) is 77.8 Å². The summed E-state index contributed by atoms with van der Waals surface area (Å²) in [6, 6.07) is 10.6. The van der Waals surface area contributed by atoms with Crippen LogP contribution in [0.2, 0.25) is 0 Å². The maximum absolute atomic E-state index is 9.10. The first kappa shape index (κ1) is 17.1. The van der Waals surface area contributed by atoms with Crippen LogP contribution in [0.15, 0.2) is 30.3 Å². The molecule has 2 N–H and O–H groups in total. The summed E-state index contributed by atoms with van der Waals surface area (Å²) in [6.07, 6.45) is 2.57. The van der Waals surface area contributed by atoms with Crippen LogP contribution in [0, 0.1) is 0 Å². The van der Waals surface area contributed by atoms with Crippen LogP contribution in [0.25, 0.3) is 0 Å². The van der Waals surface area contributed by atoms with Gasteiger partial charge in [-0.1, -0.05) is 43.7 Å². The Labute approximate surface area is 113 Å². The van der Waals surface area contributed by atoms with Crippen LogP contribution in [-0.4, -0.2) is 40.6 Å². The van der Waals surface area contributed by atoms with Crippen LogP contribution < -0.4 is 0 Å². The van der Waals surface area contributed by atoms with Crippen molar-refractivity contribution in [2.45, 2.75) is 26.3 Å². The molecule has 0 fully saturated rings. The van der Waals surface area contributed by atoms with Crippen LogP contribution in [0.5, 0.6) is 0 Å². The Morgan fingerprint density at radius 2 is 1.63 bits per heavy atom. The Morgan fingerprint density at radius 1 is 1.11 bits per heavy atom. The van der Waals surface area contributed by atoms with E-state index in [9.17, 15) is 0 Å². The van der Waals surface area contributed by atoms with Crippen molar-refractivity contribution in [2.24, 2.45) is 0 Å². The molecule has 106 valence electrons. The minimum Gasteiger partial charge on any atom is -0.473 e. The molecule has 0 aliphatic heterocycles. The highest BCUT2D eigenvalue weighted by molar-refractivity contribution is 6.27. The maximum Gasteiger partial charge on any atom is 0.414 e. The smallest absolute Gasteiger partial charge is 0.414 e. The molecule has 5 nitrogen and oxygen atoms in total. The van der Waals surface area contributed by atoms with E-state index in [1.165, 1.54) is 24.9 Å². The first-order chi connectivity index (χ1) is 8.97. The molecule has 0 heterocycles. The highest BCUT2D eigenvalue weighted by Crippen LogP contribution is 2.03. The molecule has 0 unspecified atom stereocenters. The second-order valence-corrected chi connectivity index (χ2v) is 4.19. The highest BCUT2D eigenvalue weighted by Gasteiger charge is 2.04. The van der Waals surface area contributed by atoms with E-state index in [1.807, 2.05) is 0 Å². The van der Waals surface area contributed by atoms with Gasteiger partial charge in [0.25, 0.3) is 0 Å². The number of nitrogens with zero attached hydrogens (tertiary/aromatic N) is 1. The molecule has 0 amide bonds. The molecule has 1 aromatic rings. The number of rotatable bonds is 5. The molecular weight excluding hydrogens is 246 g/mol. The fourth-order valence-electron chi connectivity index (χ4n) is 1.40. The summed E-state index contributed by atoms with van der Waals surface area (Å²) in [7, 11) is 2.18. The molecule has 19 heavy (non-hydrogen) atoms. The summed E-state index contributed by atoms with van der Waals surface area (Å²) in [5, 5.41) is 14.8. The lowest BCUT2D eigenvalue weighted by Crippen LogP contribution is -2.18. The van der Waals surface area contributed by atoms with Gasteiger partial charge in [-0.15, -0.1) is 0 Å². The average molecular weight is 267 g/mol. The van der Waals surface area contributed by atoms with E-state index >= 15 is 0 Å². The van der Waals surface area contributed by atoms with Gasteiger partial charge in [-0.05, 0) is 25.6 Å². The summed E-state index contributed by atoms with van der Waals surface area (Å²) in [4.78, 5) is 20.6. The lowest BCUT2D eigenvalue weighted by atomic mass is 10.2. The number of hydrogen-bond donors (Lipinski definition) is 2. The molecule has 0 radical (unpaired) electrons. The Kier molecular flexibility index (Phi) is 9.08. The SMILES string of the molecule is CCCCN(C)Cc1ccccc1.O=C(O)C(=O)O. The van der Waals surface area contributed by atoms with E-state index < -0.39 is 11.9 Å². The summed E-state index contributed by atoms with van der Waals surface area (Å²) in [5.74, 6) is -3.65. The first-order valence-corrected chi connectivity index (χ1v) is 6.16. The molecule has 0 aromatic heterocycles. The number of aliphatic carboxylic acids is 2. The van der Waals surface area contributed by atoms with Crippen molar-refractivity contribution in [3.8, 4) is 0 Å².